The average molecular weight is 283 g/mol. The van der Waals surface area contributed by atoms with Gasteiger partial charge in [0.25, 0.3) is 0 Å². The Labute approximate surface area is 110 Å². The van der Waals surface area contributed by atoms with Gasteiger partial charge in [0.15, 0.2) is 0 Å². The van der Waals surface area contributed by atoms with Gasteiger partial charge >= 0.3 is 0 Å². The Morgan fingerprint density at radius 3 is 2.68 bits per heavy atom. The number of aromatic amines is 1. The van der Waals surface area contributed by atoms with Gasteiger partial charge in [0.1, 0.15) is 5.82 Å². The van der Waals surface area contributed by atoms with Crippen molar-refractivity contribution >= 4 is 10.0 Å². The molecule has 0 aliphatic heterocycles. The van der Waals surface area contributed by atoms with E-state index in [9.17, 15) is 12.8 Å². The normalized spacial score (nSPS) is 11.7. The van der Waals surface area contributed by atoms with Crippen LogP contribution in [0.4, 0.5) is 4.39 Å². The largest absolute Gasteiger partial charge is 0.283 e. The number of nitrogens with zero attached hydrogens (tertiary/aromatic N) is 1. The molecule has 0 bridgehead atoms. The molecule has 19 heavy (non-hydrogen) atoms. The van der Waals surface area contributed by atoms with Crippen LogP contribution in [0.1, 0.15) is 16.8 Å². The van der Waals surface area contributed by atoms with Crippen LogP contribution in [0.15, 0.2) is 29.3 Å². The fourth-order valence-corrected chi connectivity index (χ4v) is 2.57. The molecular weight excluding hydrogens is 269 g/mol. The van der Waals surface area contributed by atoms with Crippen LogP contribution in [-0.4, -0.2) is 18.6 Å². The number of rotatable bonds is 4. The van der Waals surface area contributed by atoms with Crippen molar-refractivity contribution in [1.29, 1.82) is 0 Å². The Balaban J connectivity index is 2.18. The van der Waals surface area contributed by atoms with Crippen molar-refractivity contribution in [3.05, 3.63) is 47.0 Å². The molecule has 7 heteroatoms. The van der Waals surface area contributed by atoms with E-state index in [2.05, 4.69) is 14.9 Å². The zero-order valence-electron chi connectivity index (χ0n) is 10.6. The van der Waals surface area contributed by atoms with Gasteiger partial charge in [-0.15, -0.1) is 0 Å². The number of aromatic nitrogens is 2. The highest BCUT2D eigenvalue weighted by Crippen LogP contribution is 2.14. The van der Waals surface area contributed by atoms with E-state index >= 15 is 0 Å². The summed E-state index contributed by atoms with van der Waals surface area (Å²) in [6, 6.07) is 3.83. The molecule has 1 aromatic heterocycles. The molecule has 1 heterocycles. The van der Waals surface area contributed by atoms with Gasteiger partial charge in [0, 0.05) is 17.8 Å². The maximum absolute atomic E-state index is 13.4. The zero-order valence-corrected chi connectivity index (χ0v) is 11.4. The van der Waals surface area contributed by atoms with Gasteiger partial charge in [-0.1, -0.05) is 6.07 Å². The molecule has 0 amide bonds. The van der Waals surface area contributed by atoms with E-state index in [1.807, 2.05) is 0 Å². The highest BCUT2D eigenvalue weighted by molar-refractivity contribution is 7.89. The van der Waals surface area contributed by atoms with Crippen molar-refractivity contribution in [2.24, 2.45) is 0 Å². The van der Waals surface area contributed by atoms with Crippen molar-refractivity contribution in [2.75, 3.05) is 0 Å². The van der Waals surface area contributed by atoms with Crippen LogP contribution in [0.25, 0.3) is 0 Å². The lowest BCUT2D eigenvalue weighted by atomic mass is 10.2. The predicted molar refractivity (Wildman–Crippen MR) is 68.5 cm³/mol. The summed E-state index contributed by atoms with van der Waals surface area (Å²) < 4.78 is 39.8. The number of benzene rings is 1. The van der Waals surface area contributed by atoms with Gasteiger partial charge in [0.2, 0.25) is 10.0 Å². The van der Waals surface area contributed by atoms with Gasteiger partial charge in [-0.2, -0.15) is 5.10 Å². The Bertz CT molecular complexity index is 695. The standard InChI is InChI=1S/C12H14FN3O2S/c1-8-3-4-11(5-12(8)13)19(17,18)15-7-10-6-14-16-9(10)2/h3-6,15H,7H2,1-2H3,(H,14,16). The van der Waals surface area contributed by atoms with Gasteiger partial charge in [-0.05, 0) is 31.5 Å². The first kappa shape index (κ1) is 13.7. The molecule has 5 nitrogen and oxygen atoms in total. The average Bonchev–Trinajstić information content (AvgIpc) is 2.76. The number of hydrogen-bond acceptors (Lipinski definition) is 3. The first-order valence-corrected chi connectivity index (χ1v) is 7.13. The molecule has 2 N–H and O–H groups in total. The van der Waals surface area contributed by atoms with Crippen molar-refractivity contribution in [1.82, 2.24) is 14.9 Å². The minimum absolute atomic E-state index is 0.0863. The second-order valence-electron chi connectivity index (χ2n) is 4.26. The Morgan fingerprint density at radius 2 is 2.11 bits per heavy atom. The lowest BCUT2D eigenvalue weighted by Crippen LogP contribution is -2.23. The second-order valence-corrected chi connectivity index (χ2v) is 6.02. The molecule has 2 rings (SSSR count). The van der Waals surface area contributed by atoms with Gasteiger partial charge in [-0.25, -0.2) is 17.5 Å². The number of hydrogen-bond donors (Lipinski definition) is 2. The molecule has 0 saturated heterocycles. The fourth-order valence-electron chi connectivity index (χ4n) is 1.55. The van der Waals surface area contributed by atoms with E-state index in [1.165, 1.54) is 12.1 Å². The quantitative estimate of drug-likeness (QED) is 0.895. The van der Waals surface area contributed by atoms with Gasteiger partial charge in [0.05, 0.1) is 11.1 Å². The third-order valence-electron chi connectivity index (χ3n) is 2.84. The predicted octanol–water partition coefficient (Wildman–Crippen LogP) is 1.64. The van der Waals surface area contributed by atoms with E-state index in [0.29, 0.717) is 5.56 Å². The van der Waals surface area contributed by atoms with Crippen molar-refractivity contribution in [2.45, 2.75) is 25.3 Å². The summed E-state index contributed by atoms with van der Waals surface area (Å²) in [5, 5.41) is 6.52. The van der Waals surface area contributed by atoms with Gasteiger partial charge < -0.3 is 0 Å². The van der Waals surface area contributed by atoms with E-state index in [-0.39, 0.29) is 11.4 Å². The molecule has 102 valence electrons. The Hall–Kier alpha value is -1.73. The van der Waals surface area contributed by atoms with Crippen molar-refractivity contribution in [3.63, 3.8) is 0 Å². The number of sulfonamides is 1. The zero-order chi connectivity index (χ0) is 14.0. The van der Waals surface area contributed by atoms with Crippen molar-refractivity contribution in [3.8, 4) is 0 Å². The molecule has 0 saturated carbocycles. The lowest BCUT2D eigenvalue weighted by Gasteiger charge is -2.07. The summed E-state index contributed by atoms with van der Waals surface area (Å²) >= 11 is 0. The molecule has 1 aromatic carbocycles. The van der Waals surface area contributed by atoms with Crippen LogP contribution >= 0.6 is 0 Å². The number of halogens is 1. The minimum Gasteiger partial charge on any atom is -0.283 e. The summed E-state index contributed by atoms with van der Waals surface area (Å²) in [5.41, 5.74) is 1.94. The summed E-state index contributed by atoms with van der Waals surface area (Å²) in [5.74, 6) is -0.539. The third kappa shape index (κ3) is 2.99. The minimum atomic E-state index is -3.72. The lowest BCUT2D eigenvalue weighted by molar-refractivity contribution is 0.576. The van der Waals surface area contributed by atoms with Crippen LogP contribution < -0.4 is 4.72 Å². The number of aryl methyl sites for hydroxylation is 2. The summed E-state index contributed by atoms with van der Waals surface area (Å²) in [6.45, 7) is 3.48. The van der Waals surface area contributed by atoms with Crippen LogP contribution in [0.2, 0.25) is 0 Å². The van der Waals surface area contributed by atoms with E-state index < -0.39 is 15.8 Å². The van der Waals surface area contributed by atoms with E-state index in [4.69, 9.17) is 0 Å². The van der Waals surface area contributed by atoms with Crippen LogP contribution in [0, 0.1) is 19.7 Å². The number of H-pyrrole nitrogens is 1. The third-order valence-corrected chi connectivity index (χ3v) is 4.24. The maximum Gasteiger partial charge on any atom is 0.240 e. The summed E-state index contributed by atoms with van der Waals surface area (Å²) in [4.78, 5) is -0.0863. The first-order valence-electron chi connectivity index (χ1n) is 5.65. The number of nitrogens with one attached hydrogen (secondary N) is 2. The molecule has 0 aliphatic carbocycles. The maximum atomic E-state index is 13.4. The molecule has 0 atom stereocenters. The monoisotopic (exact) mass is 283 g/mol. The van der Waals surface area contributed by atoms with Gasteiger partial charge in [-0.3, -0.25) is 5.10 Å². The Kier molecular flexibility index (Phi) is 3.68. The SMILES string of the molecule is Cc1ccc(S(=O)(=O)NCc2cn[nH]c2C)cc1F. The molecule has 0 aliphatic rings. The summed E-state index contributed by atoms with van der Waals surface area (Å²) in [7, 11) is -3.72. The van der Waals surface area contributed by atoms with Crippen LogP contribution in [0.5, 0.6) is 0 Å². The van der Waals surface area contributed by atoms with Crippen molar-refractivity contribution < 1.29 is 12.8 Å². The molecule has 0 radical (unpaired) electrons. The Morgan fingerprint density at radius 1 is 1.37 bits per heavy atom. The molecule has 0 spiro atoms. The highest BCUT2D eigenvalue weighted by atomic mass is 32.2. The van der Waals surface area contributed by atoms with E-state index in [1.54, 1.807) is 20.0 Å². The first-order chi connectivity index (χ1) is 8.90. The fraction of sp³-hybridized carbons (Fsp3) is 0.250. The summed E-state index contributed by atoms with van der Waals surface area (Å²) in [6.07, 6.45) is 1.55. The molecule has 2 aromatic rings. The van der Waals surface area contributed by atoms with E-state index in [0.717, 1.165) is 17.3 Å². The highest BCUT2D eigenvalue weighted by Gasteiger charge is 2.16. The molecule has 0 fully saturated rings. The smallest absolute Gasteiger partial charge is 0.240 e. The second kappa shape index (κ2) is 5.10. The molecular formula is C12H14FN3O2S. The van der Waals surface area contributed by atoms with Crippen LogP contribution in [-0.2, 0) is 16.6 Å². The molecule has 0 unspecified atom stereocenters. The van der Waals surface area contributed by atoms with Crippen LogP contribution in [0.3, 0.4) is 0 Å². The topological polar surface area (TPSA) is 74.8 Å².